The van der Waals surface area contributed by atoms with Gasteiger partial charge in [-0.2, -0.15) is 0 Å². The van der Waals surface area contributed by atoms with Crippen LogP contribution in [-0.4, -0.2) is 14.5 Å². The highest BCUT2D eigenvalue weighted by atomic mass is 15.1. The molecule has 2 aromatic heterocycles. The number of fused-ring (bicyclic) bond motifs is 1. The molecule has 0 radical (unpaired) electrons. The zero-order chi connectivity index (χ0) is 31.6. The Hall–Kier alpha value is -5.48. The van der Waals surface area contributed by atoms with Crippen molar-refractivity contribution in [1.82, 2.24) is 14.5 Å². The van der Waals surface area contributed by atoms with Crippen LogP contribution in [0.5, 0.6) is 0 Å². The second-order valence-electron chi connectivity index (χ2n) is 12.3. The predicted octanol–water partition coefficient (Wildman–Crippen LogP) is 11.5. The van der Waals surface area contributed by atoms with E-state index >= 15 is 0 Å². The Kier molecular flexibility index (Phi) is 7.94. The van der Waals surface area contributed by atoms with E-state index in [4.69, 9.17) is 4.98 Å². The lowest BCUT2D eigenvalue weighted by molar-refractivity contribution is 0.811. The highest BCUT2D eigenvalue weighted by Gasteiger charge is 2.23. The SMILES string of the molecule is CC(C)c1cccc(C(C)C)c1-n1c(-c2cccc(N(c3ccccc3)c3cccc(-c4ccccn4)c3)c2)nc2ccccc21. The van der Waals surface area contributed by atoms with Crippen molar-refractivity contribution in [2.24, 2.45) is 0 Å². The third-order valence-electron chi connectivity index (χ3n) is 8.57. The predicted molar refractivity (Wildman–Crippen MR) is 193 cm³/mol. The van der Waals surface area contributed by atoms with E-state index in [-0.39, 0.29) is 0 Å². The molecule has 0 N–H and O–H groups in total. The van der Waals surface area contributed by atoms with Crippen LogP contribution in [0.4, 0.5) is 17.1 Å². The molecule has 0 spiro atoms. The number of imidazole rings is 1. The first-order valence-electron chi connectivity index (χ1n) is 16.1. The van der Waals surface area contributed by atoms with E-state index in [1.165, 1.54) is 16.8 Å². The topological polar surface area (TPSA) is 34.0 Å². The van der Waals surface area contributed by atoms with Gasteiger partial charge in [-0.3, -0.25) is 9.55 Å². The maximum absolute atomic E-state index is 5.30. The van der Waals surface area contributed by atoms with Crippen molar-refractivity contribution >= 4 is 28.1 Å². The van der Waals surface area contributed by atoms with Crippen molar-refractivity contribution in [3.63, 3.8) is 0 Å². The molecule has 0 aliphatic rings. The minimum Gasteiger partial charge on any atom is -0.310 e. The fraction of sp³-hybridized carbons (Fsp3) is 0.143. The van der Waals surface area contributed by atoms with E-state index in [0.29, 0.717) is 11.8 Å². The van der Waals surface area contributed by atoms with Crippen molar-refractivity contribution < 1.29 is 0 Å². The average Bonchev–Trinajstić information content (AvgIpc) is 3.48. The Labute approximate surface area is 271 Å². The van der Waals surface area contributed by atoms with E-state index in [2.05, 4.69) is 170 Å². The van der Waals surface area contributed by atoms with Gasteiger partial charge in [0.15, 0.2) is 0 Å². The second-order valence-corrected chi connectivity index (χ2v) is 12.3. The van der Waals surface area contributed by atoms with Gasteiger partial charge in [-0.15, -0.1) is 0 Å². The van der Waals surface area contributed by atoms with E-state index < -0.39 is 0 Å². The largest absolute Gasteiger partial charge is 0.310 e. The average molecular weight is 599 g/mol. The van der Waals surface area contributed by atoms with Gasteiger partial charge < -0.3 is 4.90 Å². The van der Waals surface area contributed by atoms with Crippen LogP contribution in [0.3, 0.4) is 0 Å². The number of benzene rings is 5. The highest BCUT2D eigenvalue weighted by molar-refractivity contribution is 5.86. The standard InChI is InChI=1S/C42H38N4/c1-29(2)36-21-14-22-37(30(3)4)41(36)46-40-25-9-8-24-39(40)44-42(46)32-16-13-20-35(28-32)45(33-17-6-5-7-18-33)34-19-12-15-31(27-34)38-23-10-11-26-43-38/h5-30H,1-4H3. The van der Waals surface area contributed by atoms with Crippen LogP contribution in [0.1, 0.15) is 50.7 Å². The number of para-hydroxylation sites is 4. The molecule has 46 heavy (non-hydrogen) atoms. The molecule has 0 bridgehead atoms. The highest BCUT2D eigenvalue weighted by Crippen LogP contribution is 2.40. The maximum Gasteiger partial charge on any atom is 0.145 e. The number of nitrogens with zero attached hydrogens (tertiary/aromatic N) is 4. The molecule has 0 fully saturated rings. The summed E-state index contributed by atoms with van der Waals surface area (Å²) in [4.78, 5) is 12.2. The number of pyridine rings is 1. The summed E-state index contributed by atoms with van der Waals surface area (Å²) in [5.74, 6) is 1.65. The van der Waals surface area contributed by atoms with E-state index in [1.54, 1.807) is 0 Å². The van der Waals surface area contributed by atoms with Crippen molar-refractivity contribution in [2.45, 2.75) is 39.5 Å². The molecule has 0 saturated heterocycles. The molecule has 0 aliphatic heterocycles. The van der Waals surface area contributed by atoms with Crippen LogP contribution < -0.4 is 4.90 Å². The van der Waals surface area contributed by atoms with Crippen LogP contribution in [0.15, 0.2) is 146 Å². The van der Waals surface area contributed by atoms with E-state index in [1.807, 2.05) is 18.3 Å². The van der Waals surface area contributed by atoms with Gasteiger partial charge in [0.25, 0.3) is 0 Å². The van der Waals surface area contributed by atoms with Crippen LogP contribution in [-0.2, 0) is 0 Å². The van der Waals surface area contributed by atoms with Gasteiger partial charge in [0.1, 0.15) is 5.82 Å². The van der Waals surface area contributed by atoms with E-state index in [9.17, 15) is 0 Å². The minimum absolute atomic E-state index is 0.356. The summed E-state index contributed by atoms with van der Waals surface area (Å²) in [5.41, 5.74) is 12.3. The maximum atomic E-state index is 5.30. The normalized spacial score (nSPS) is 11.4. The first kappa shape index (κ1) is 29.2. The molecule has 4 heteroatoms. The molecular weight excluding hydrogens is 560 g/mol. The van der Waals surface area contributed by atoms with E-state index in [0.717, 1.165) is 50.7 Å². The summed E-state index contributed by atoms with van der Waals surface area (Å²) >= 11 is 0. The number of aromatic nitrogens is 3. The van der Waals surface area contributed by atoms with Crippen molar-refractivity contribution in [1.29, 1.82) is 0 Å². The van der Waals surface area contributed by atoms with Gasteiger partial charge in [0.05, 0.1) is 22.4 Å². The first-order valence-corrected chi connectivity index (χ1v) is 16.1. The Bertz CT molecular complexity index is 2080. The number of rotatable bonds is 8. The van der Waals surface area contributed by atoms with Crippen molar-refractivity contribution in [2.75, 3.05) is 4.90 Å². The monoisotopic (exact) mass is 598 g/mol. The van der Waals surface area contributed by atoms with Gasteiger partial charge >= 0.3 is 0 Å². The molecule has 0 unspecified atom stereocenters. The summed E-state index contributed by atoms with van der Waals surface area (Å²) in [6.07, 6.45) is 1.84. The lowest BCUT2D eigenvalue weighted by Crippen LogP contribution is -2.11. The quantitative estimate of drug-likeness (QED) is 0.174. The third kappa shape index (κ3) is 5.48. The number of hydrogen-bond acceptors (Lipinski definition) is 3. The van der Waals surface area contributed by atoms with Crippen LogP contribution in [0.25, 0.3) is 39.4 Å². The fourth-order valence-electron chi connectivity index (χ4n) is 6.36. The Balaban J connectivity index is 1.44. The lowest BCUT2D eigenvalue weighted by atomic mass is 9.92. The first-order chi connectivity index (χ1) is 22.5. The zero-order valence-corrected chi connectivity index (χ0v) is 26.8. The summed E-state index contributed by atoms with van der Waals surface area (Å²) in [7, 11) is 0. The van der Waals surface area contributed by atoms with Gasteiger partial charge in [-0.1, -0.05) is 107 Å². The molecule has 2 heterocycles. The molecule has 226 valence electrons. The summed E-state index contributed by atoms with van der Waals surface area (Å²) < 4.78 is 2.40. The summed E-state index contributed by atoms with van der Waals surface area (Å²) in [6.45, 7) is 9.11. The lowest BCUT2D eigenvalue weighted by Gasteiger charge is -2.26. The van der Waals surface area contributed by atoms with Crippen molar-refractivity contribution in [3.05, 3.63) is 157 Å². The number of anilines is 3. The van der Waals surface area contributed by atoms with Crippen molar-refractivity contribution in [3.8, 4) is 28.3 Å². The molecule has 7 rings (SSSR count). The van der Waals surface area contributed by atoms with Crippen LogP contribution in [0, 0.1) is 0 Å². The Morgan fingerprint density at radius 1 is 0.543 bits per heavy atom. The van der Waals surface area contributed by atoms with Gasteiger partial charge in [0.2, 0.25) is 0 Å². The van der Waals surface area contributed by atoms with Gasteiger partial charge in [-0.05, 0) is 83.6 Å². The fourth-order valence-corrected chi connectivity index (χ4v) is 6.36. The molecule has 0 atom stereocenters. The zero-order valence-electron chi connectivity index (χ0n) is 26.8. The number of hydrogen-bond donors (Lipinski definition) is 0. The van der Waals surface area contributed by atoms with Crippen LogP contribution in [0.2, 0.25) is 0 Å². The molecule has 7 aromatic rings. The molecule has 0 aliphatic carbocycles. The molecule has 5 aromatic carbocycles. The second kappa shape index (κ2) is 12.5. The summed E-state index contributed by atoms with van der Waals surface area (Å²) in [6, 6.07) is 49.2. The smallest absolute Gasteiger partial charge is 0.145 e. The third-order valence-corrected chi connectivity index (χ3v) is 8.57. The van der Waals surface area contributed by atoms with Crippen LogP contribution >= 0.6 is 0 Å². The molecule has 0 amide bonds. The summed E-state index contributed by atoms with van der Waals surface area (Å²) in [5, 5.41) is 0. The Morgan fingerprint density at radius 3 is 1.80 bits per heavy atom. The molecule has 4 nitrogen and oxygen atoms in total. The molecular formula is C42H38N4. The minimum atomic E-state index is 0.356. The Morgan fingerprint density at radius 2 is 1.13 bits per heavy atom. The van der Waals surface area contributed by atoms with Gasteiger partial charge in [0, 0.05) is 34.4 Å². The molecule has 0 saturated carbocycles. The van der Waals surface area contributed by atoms with Gasteiger partial charge in [-0.25, -0.2) is 4.98 Å².